The number of carbonyl (C=O) groups excluding carboxylic acids is 2. The van der Waals surface area contributed by atoms with Gasteiger partial charge in [0.1, 0.15) is 0 Å². The summed E-state index contributed by atoms with van der Waals surface area (Å²) in [5.41, 5.74) is 0. The van der Waals surface area contributed by atoms with E-state index in [0.29, 0.717) is 30.4 Å². The van der Waals surface area contributed by atoms with E-state index in [1.807, 2.05) is 0 Å². The Morgan fingerprint density at radius 1 is 1.38 bits per heavy atom. The Morgan fingerprint density at radius 2 is 1.92 bits per heavy atom. The third kappa shape index (κ3) is 3.09. The predicted octanol–water partition coefficient (Wildman–Crippen LogP) is 1.43. The van der Waals surface area contributed by atoms with Crippen LogP contribution in [0.2, 0.25) is 0 Å². The standard InChI is InChI=1S/C8H11ClINO2/c9-8(13)6-1-3-11(4-2-6)7(12)5-10/h6H,1-5H2. The lowest BCUT2D eigenvalue weighted by atomic mass is 9.98. The molecule has 0 saturated carbocycles. The average Bonchev–Trinajstić information content (AvgIpc) is 2.17. The summed E-state index contributed by atoms with van der Waals surface area (Å²) in [5.74, 6) is 0.112. The van der Waals surface area contributed by atoms with E-state index in [9.17, 15) is 9.59 Å². The summed E-state index contributed by atoms with van der Waals surface area (Å²) >= 11 is 7.42. The van der Waals surface area contributed by atoms with E-state index in [0.717, 1.165) is 0 Å². The number of piperidine rings is 1. The molecule has 0 aliphatic carbocycles. The van der Waals surface area contributed by atoms with Crippen LogP contribution >= 0.6 is 34.2 Å². The molecule has 0 aromatic carbocycles. The number of carbonyl (C=O) groups is 2. The molecule has 13 heavy (non-hydrogen) atoms. The molecule has 0 N–H and O–H groups in total. The van der Waals surface area contributed by atoms with E-state index in [2.05, 4.69) is 22.6 Å². The number of rotatable bonds is 2. The molecular formula is C8H11ClINO2. The first-order valence-electron chi connectivity index (χ1n) is 4.18. The van der Waals surface area contributed by atoms with Gasteiger partial charge in [-0.25, -0.2) is 0 Å². The summed E-state index contributed by atoms with van der Waals surface area (Å²) in [6.45, 7) is 1.34. The van der Waals surface area contributed by atoms with E-state index in [1.165, 1.54) is 0 Å². The van der Waals surface area contributed by atoms with Gasteiger partial charge in [0.25, 0.3) is 0 Å². The monoisotopic (exact) mass is 315 g/mol. The van der Waals surface area contributed by atoms with Crippen molar-refractivity contribution in [2.45, 2.75) is 12.8 Å². The summed E-state index contributed by atoms with van der Waals surface area (Å²) in [4.78, 5) is 23.8. The lowest BCUT2D eigenvalue weighted by molar-refractivity contribution is -0.131. The molecule has 1 aliphatic rings. The minimum absolute atomic E-state index is 0.0417. The maximum atomic E-state index is 11.2. The van der Waals surface area contributed by atoms with Crippen molar-refractivity contribution in [1.29, 1.82) is 0 Å². The zero-order valence-corrected chi connectivity index (χ0v) is 10.0. The fraction of sp³-hybridized carbons (Fsp3) is 0.750. The Kier molecular flexibility index (Phi) is 4.45. The van der Waals surface area contributed by atoms with Crippen LogP contribution in [0.4, 0.5) is 0 Å². The molecule has 0 aromatic rings. The summed E-state index contributed by atoms with van der Waals surface area (Å²) < 4.78 is 0.511. The average molecular weight is 316 g/mol. The summed E-state index contributed by atoms with van der Waals surface area (Å²) in [7, 11) is 0. The van der Waals surface area contributed by atoms with Gasteiger partial charge < -0.3 is 4.90 Å². The molecule has 5 heteroatoms. The van der Waals surface area contributed by atoms with Crippen LogP contribution in [0.15, 0.2) is 0 Å². The van der Waals surface area contributed by atoms with Crippen molar-refractivity contribution in [1.82, 2.24) is 4.90 Å². The molecule has 0 atom stereocenters. The first kappa shape index (κ1) is 11.2. The number of hydrogen-bond acceptors (Lipinski definition) is 2. The second kappa shape index (κ2) is 5.14. The molecule has 1 rings (SSSR count). The highest BCUT2D eigenvalue weighted by molar-refractivity contribution is 14.1. The number of likely N-dealkylation sites (tertiary alicyclic amines) is 1. The zero-order chi connectivity index (χ0) is 9.84. The Balaban J connectivity index is 2.39. The van der Waals surface area contributed by atoms with Crippen LogP contribution in [0.25, 0.3) is 0 Å². The van der Waals surface area contributed by atoms with Gasteiger partial charge in [-0.3, -0.25) is 9.59 Å². The second-order valence-electron chi connectivity index (χ2n) is 3.09. The van der Waals surface area contributed by atoms with Crippen LogP contribution in [-0.4, -0.2) is 33.6 Å². The van der Waals surface area contributed by atoms with Gasteiger partial charge in [0, 0.05) is 19.0 Å². The molecule has 1 fully saturated rings. The first-order chi connectivity index (χ1) is 6.15. The van der Waals surface area contributed by atoms with Gasteiger partial charge in [-0.1, -0.05) is 22.6 Å². The van der Waals surface area contributed by atoms with E-state index >= 15 is 0 Å². The molecule has 1 saturated heterocycles. The molecule has 1 aliphatic heterocycles. The normalized spacial score (nSPS) is 18.8. The lowest BCUT2D eigenvalue weighted by Crippen LogP contribution is -2.40. The fourth-order valence-corrected chi connectivity index (χ4v) is 2.14. The Morgan fingerprint density at radius 3 is 2.31 bits per heavy atom. The van der Waals surface area contributed by atoms with Crippen LogP contribution in [0.5, 0.6) is 0 Å². The predicted molar refractivity (Wildman–Crippen MR) is 59.1 cm³/mol. The summed E-state index contributed by atoms with van der Waals surface area (Å²) in [6.07, 6.45) is 1.43. The second-order valence-corrected chi connectivity index (χ2v) is 4.23. The van der Waals surface area contributed by atoms with Crippen LogP contribution < -0.4 is 0 Å². The number of amides is 1. The van der Waals surface area contributed by atoms with Crippen molar-refractivity contribution in [3.8, 4) is 0 Å². The molecule has 1 heterocycles. The molecule has 74 valence electrons. The van der Waals surface area contributed by atoms with Crippen LogP contribution in [-0.2, 0) is 9.59 Å². The van der Waals surface area contributed by atoms with Crippen LogP contribution in [0, 0.1) is 5.92 Å². The Bertz CT molecular complexity index is 214. The highest BCUT2D eigenvalue weighted by Crippen LogP contribution is 2.19. The van der Waals surface area contributed by atoms with Gasteiger partial charge >= 0.3 is 0 Å². The minimum atomic E-state index is -0.262. The molecule has 0 unspecified atom stereocenters. The van der Waals surface area contributed by atoms with E-state index in [1.54, 1.807) is 4.90 Å². The van der Waals surface area contributed by atoms with Crippen molar-refractivity contribution in [2.75, 3.05) is 17.5 Å². The molecule has 3 nitrogen and oxygen atoms in total. The first-order valence-corrected chi connectivity index (χ1v) is 6.08. The van der Waals surface area contributed by atoms with E-state index < -0.39 is 0 Å². The van der Waals surface area contributed by atoms with Crippen molar-refractivity contribution in [2.24, 2.45) is 5.92 Å². The molecule has 1 amide bonds. The Hall–Kier alpha value is 0.160. The number of hydrogen-bond donors (Lipinski definition) is 0. The third-order valence-electron chi connectivity index (χ3n) is 2.28. The topological polar surface area (TPSA) is 37.4 Å². The molecule has 0 spiro atoms. The molecule has 0 bridgehead atoms. The number of halogens is 2. The number of nitrogens with zero attached hydrogens (tertiary/aromatic N) is 1. The minimum Gasteiger partial charge on any atom is -0.342 e. The molecular weight excluding hydrogens is 304 g/mol. The van der Waals surface area contributed by atoms with Crippen molar-refractivity contribution in [3.05, 3.63) is 0 Å². The largest absolute Gasteiger partial charge is 0.342 e. The molecule has 0 radical (unpaired) electrons. The van der Waals surface area contributed by atoms with Crippen LogP contribution in [0.3, 0.4) is 0 Å². The van der Waals surface area contributed by atoms with Gasteiger partial charge in [-0.2, -0.15) is 0 Å². The van der Waals surface area contributed by atoms with Crippen LogP contribution in [0.1, 0.15) is 12.8 Å². The Labute approximate surface area is 95.9 Å². The van der Waals surface area contributed by atoms with Gasteiger partial charge in [-0.15, -0.1) is 0 Å². The summed E-state index contributed by atoms with van der Waals surface area (Å²) in [5, 5.41) is -0.262. The smallest absolute Gasteiger partial charge is 0.232 e. The quantitative estimate of drug-likeness (QED) is 0.439. The number of alkyl halides is 1. The lowest BCUT2D eigenvalue weighted by Gasteiger charge is -2.29. The maximum absolute atomic E-state index is 11.2. The molecule has 0 aromatic heterocycles. The highest BCUT2D eigenvalue weighted by Gasteiger charge is 2.25. The zero-order valence-electron chi connectivity index (χ0n) is 7.13. The highest BCUT2D eigenvalue weighted by atomic mass is 127. The fourth-order valence-electron chi connectivity index (χ4n) is 1.44. The summed E-state index contributed by atoms with van der Waals surface area (Å²) in [6, 6.07) is 0. The van der Waals surface area contributed by atoms with E-state index in [4.69, 9.17) is 11.6 Å². The SMILES string of the molecule is O=C(Cl)C1CCN(C(=O)CI)CC1. The maximum Gasteiger partial charge on any atom is 0.232 e. The third-order valence-corrected chi connectivity index (χ3v) is 3.24. The van der Waals surface area contributed by atoms with Crippen molar-refractivity contribution < 1.29 is 9.59 Å². The van der Waals surface area contributed by atoms with Crippen molar-refractivity contribution >= 4 is 45.3 Å². The van der Waals surface area contributed by atoms with Gasteiger partial charge in [0.2, 0.25) is 11.1 Å². The van der Waals surface area contributed by atoms with Gasteiger partial charge in [0.15, 0.2) is 0 Å². The van der Waals surface area contributed by atoms with Gasteiger partial charge in [-0.05, 0) is 24.4 Å². The van der Waals surface area contributed by atoms with Crippen molar-refractivity contribution in [3.63, 3.8) is 0 Å². The van der Waals surface area contributed by atoms with Gasteiger partial charge in [0.05, 0.1) is 4.43 Å². The van der Waals surface area contributed by atoms with E-state index in [-0.39, 0.29) is 17.1 Å².